The minimum absolute atomic E-state index is 0. The van der Waals surface area contributed by atoms with Gasteiger partial charge in [0.1, 0.15) is 0 Å². The summed E-state index contributed by atoms with van der Waals surface area (Å²) in [7, 11) is -11.7. The third-order valence-electron chi connectivity index (χ3n) is 0.585. The fourth-order valence-electron chi connectivity index (χ4n) is 0. The van der Waals surface area contributed by atoms with Crippen molar-refractivity contribution in [2.45, 2.75) is 11.0 Å². The number of hydrogen-bond acceptors (Lipinski definition) is 4. The molecule has 0 radical (unpaired) electrons. The van der Waals surface area contributed by atoms with Gasteiger partial charge in [-0.3, -0.25) is 9.11 Å². The zero-order chi connectivity index (χ0) is 14.0. The van der Waals surface area contributed by atoms with E-state index in [1.165, 1.54) is 0 Å². The van der Waals surface area contributed by atoms with Crippen LogP contribution in [0.4, 0.5) is 26.3 Å². The first-order valence-corrected chi connectivity index (χ1v) is 5.45. The number of alkyl halides is 6. The molecule has 0 aromatic heterocycles. The monoisotopic (exact) mass is 364 g/mol. The maximum atomic E-state index is 10.7. The SMILES string of the molecule is O=S(=O)(O)C(F)(F)F.O=S(=O)(O)C(F)(F)F.[Zn+2]. The standard InChI is InChI=1S/2CHF3O3S.Zn/c2*2-1(3,4)8(5,6)7;/h2*(H,5,6,7);/q;;+2. The van der Waals surface area contributed by atoms with Crippen molar-refractivity contribution in [1.82, 2.24) is 0 Å². The first-order valence-electron chi connectivity index (χ1n) is 2.57. The molecule has 0 unspecified atom stereocenters. The third kappa shape index (κ3) is 9.70. The molecule has 17 heavy (non-hydrogen) atoms. The van der Waals surface area contributed by atoms with Gasteiger partial charge in [-0.25, -0.2) is 0 Å². The van der Waals surface area contributed by atoms with E-state index in [1.807, 2.05) is 0 Å². The smallest absolute Gasteiger partial charge is 0.279 e. The van der Waals surface area contributed by atoms with Crippen LogP contribution in [-0.2, 0) is 39.7 Å². The van der Waals surface area contributed by atoms with Crippen molar-refractivity contribution in [3.8, 4) is 0 Å². The normalized spacial score (nSPS) is 13.2. The van der Waals surface area contributed by atoms with Crippen LogP contribution in [0, 0.1) is 0 Å². The molecule has 0 aromatic rings. The van der Waals surface area contributed by atoms with Crippen LogP contribution < -0.4 is 0 Å². The molecule has 0 rings (SSSR count). The Balaban J connectivity index is -0.000000218. The van der Waals surface area contributed by atoms with Crippen molar-refractivity contribution in [3.05, 3.63) is 0 Å². The summed E-state index contributed by atoms with van der Waals surface area (Å²) < 4.78 is 115. The van der Waals surface area contributed by atoms with Crippen molar-refractivity contribution < 1.29 is 71.8 Å². The predicted octanol–water partition coefficient (Wildman–Crippen LogP) is 0.786. The van der Waals surface area contributed by atoms with E-state index in [0.717, 1.165) is 0 Å². The van der Waals surface area contributed by atoms with E-state index < -0.39 is 31.3 Å². The second-order valence-corrected chi connectivity index (χ2v) is 4.67. The van der Waals surface area contributed by atoms with Gasteiger partial charge in [0.25, 0.3) is 0 Å². The van der Waals surface area contributed by atoms with Gasteiger partial charge in [0.05, 0.1) is 0 Å². The van der Waals surface area contributed by atoms with Crippen LogP contribution in [0.25, 0.3) is 0 Å². The van der Waals surface area contributed by atoms with Gasteiger partial charge >= 0.3 is 50.7 Å². The van der Waals surface area contributed by atoms with Gasteiger partial charge in [-0.15, -0.1) is 0 Å². The average molecular weight is 366 g/mol. The molecule has 0 bridgehead atoms. The van der Waals surface area contributed by atoms with E-state index in [4.69, 9.17) is 25.9 Å². The molecule has 100 valence electrons. The summed E-state index contributed by atoms with van der Waals surface area (Å²) in [5.41, 5.74) is -11.1. The minimum atomic E-state index is -5.84. The van der Waals surface area contributed by atoms with E-state index in [1.54, 1.807) is 0 Å². The quantitative estimate of drug-likeness (QED) is 0.284. The largest absolute Gasteiger partial charge is 2.00 e. The van der Waals surface area contributed by atoms with E-state index in [9.17, 15) is 26.3 Å². The molecule has 6 nitrogen and oxygen atoms in total. The number of hydrogen-bond donors (Lipinski definition) is 2. The zero-order valence-electron chi connectivity index (χ0n) is 7.32. The molecule has 0 saturated carbocycles. The van der Waals surface area contributed by atoms with Crippen LogP contribution in [0.3, 0.4) is 0 Å². The predicted molar refractivity (Wildman–Crippen MR) is 35.2 cm³/mol. The molecule has 0 atom stereocenters. The van der Waals surface area contributed by atoms with Gasteiger partial charge in [-0.2, -0.15) is 43.2 Å². The van der Waals surface area contributed by atoms with Crippen LogP contribution in [0.5, 0.6) is 0 Å². The second kappa shape index (κ2) is 6.27. The molecule has 0 heterocycles. The Kier molecular flexibility index (Phi) is 8.19. The molecule has 0 spiro atoms. The average Bonchev–Trinajstić information content (AvgIpc) is 1.77. The molecule has 0 fully saturated rings. The summed E-state index contributed by atoms with van der Waals surface area (Å²) in [6, 6.07) is 0. The molecule has 0 saturated heterocycles. The summed E-state index contributed by atoms with van der Waals surface area (Å²) >= 11 is 0. The van der Waals surface area contributed by atoms with Gasteiger partial charge in [-0.1, -0.05) is 0 Å². The summed E-state index contributed by atoms with van der Waals surface area (Å²) in [4.78, 5) is 0. The number of halogens is 6. The van der Waals surface area contributed by atoms with Crippen LogP contribution in [0.1, 0.15) is 0 Å². The second-order valence-electron chi connectivity index (χ2n) is 1.84. The summed E-state index contributed by atoms with van der Waals surface area (Å²) in [5, 5.41) is 0. The summed E-state index contributed by atoms with van der Waals surface area (Å²) in [6.45, 7) is 0. The van der Waals surface area contributed by atoms with Crippen molar-refractivity contribution in [2.24, 2.45) is 0 Å². The van der Waals surface area contributed by atoms with Crippen LogP contribution in [-0.4, -0.2) is 37.0 Å². The molecule has 0 aliphatic rings. The Hall–Kier alpha value is 0.0234. The number of rotatable bonds is 0. The van der Waals surface area contributed by atoms with E-state index in [2.05, 4.69) is 0 Å². The fraction of sp³-hybridized carbons (Fsp3) is 1.00. The molecular weight excluding hydrogens is 364 g/mol. The molecule has 0 aromatic carbocycles. The summed E-state index contributed by atoms with van der Waals surface area (Å²) in [5.74, 6) is 0. The van der Waals surface area contributed by atoms with Gasteiger partial charge < -0.3 is 0 Å². The molecule has 0 aliphatic heterocycles. The Labute approximate surface area is 103 Å². The van der Waals surface area contributed by atoms with Crippen molar-refractivity contribution >= 4 is 20.2 Å². The molecule has 0 aliphatic carbocycles. The van der Waals surface area contributed by atoms with Crippen LogP contribution >= 0.6 is 0 Å². The Morgan fingerprint density at radius 3 is 0.706 bits per heavy atom. The van der Waals surface area contributed by atoms with Crippen molar-refractivity contribution in [3.63, 3.8) is 0 Å². The van der Waals surface area contributed by atoms with Crippen LogP contribution in [0.15, 0.2) is 0 Å². The molecule has 15 heteroatoms. The maximum absolute atomic E-state index is 10.7. The summed E-state index contributed by atoms with van der Waals surface area (Å²) in [6.07, 6.45) is 0. The fourth-order valence-corrected chi connectivity index (χ4v) is 0. The topological polar surface area (TPSA) is 109 Å². The molecular formula is C2H2F6O6S2Zn+2. The Morgan fingerprint density at radius 2 is 0.706 bits per heavy atom. The first-order chi connectivity index (χ1) is 6.50. The van der Waals surface area contributed by atoms with Crippen LogP contribution in [0.2, 0.25) is 0 Å². The van der Waals surface area contributed by atoms with Crippen molar-refractivity contribution in [1.29, 1.82) is 0 Å². The van der Waals surface area contributed by atoms with E-state index in [0.29, 0.717) is 0 Å². The third-order valence-corrected chi connectivity index (χ3v) is 1.75. The maximum Gasteiger partial charge on any atom is 2.00 e. The van der Waals surface area contributed by atoms with Gasteiger partial charge in [0.15, 0.2) is 0 Å². The molecule has 2 N–H and O–H groups in total. The van der Waals surface area contributed by atoms with E-state index in [-0.39, 0.29) is 19.5 Å². The first kappa shape index (κ1) is 22.2. The molecule has 0 amide bonds. The van der Waals surface area contributed by atoms with Gasteiger partial charge in [0.2, 0.25) is 0 Å². The van der Waals surface area contributed by atoms with Crippen molar-refractivity contribution in [2.75, 3.05) is 0 Å². The Bertz CT molecular complexity index is 374. The van der Waals surface area contributed by atoms with E-state index >= 15 is 0 Å². The Morgan fingerprint density at radius 1 is 0.647 bits per heavy atom. The van der Waals surface area contributed by atoms with Gasteiger partial charge in [0, 0.05) is 0 Å². The van der Waals surface area contributed by atoms with Gasteiger partial charge in [-0.05, 0) is 0 Å². The zero-order valence-corrected chi connectivity index (χ0v) is 11.9. The minimum Gasteiger partial charge on any atom is -0.279 e.